The standard InChI is InChI=1S/C13H9Cl2NO3S2/c1-8(9-4-5-20-7-9)21(18,19)16-13(17)11-3-2-10(14)6-12(11)15/h2-7H,1H2,(H,16,17). The van der Waals surface area contributed by atoms with E-state index in [2.05, 4.69) is 6.58 Å². The third-order valence-electron chi connectivity index (χ3n) is 2.57. The third-order valence-corrected chi connectivity index (χ3v) is 5.14. The zero-order valence-electron chi connectivity index (χ0n) is 10.5. The van der Waals surface area contributed by atoms with Crippen LogP contribution in [0, 0.1) is 0 Å². The Bertz CT molecular complexity index is 799. The molecule has 21 heavy (non-hydrogen) atoms. The second-order valence-electron chi connectivity index (χ2n) is 3.99. The predicted molar refractivity (Wildman–Crippen MR) is 86.2 cm³/mol. The van der Waals surface area contributed by atoms with Crippen LogP contribution in [-0.4, -0.2) is 14.3 Å². The first-order valence-corrected chi connectivity index (χ1v) is 8.73. The van der Waals surface area contributed by atoms with Gasteiger partial charge in [-0.1, -0.05) is 29.8 Å². The van der Waals surface area contributed by atoms with Gasteiger partial charge in [-0.05, 0) is 35.0 Å². The number of thiophene rings is 1. The summed E-state index contributed by atoms with van der Waals surface area (Å²) in [5, 5.41) is 3.76. The smallest absolute Gasteiger partial charge is 0.266 e. The summed E-state index contributed by atoms with van der Waals surface area (Å²) in [5.74, 6) is -0.840. The summed E-state index contributed by atoms with van der Waals surface area (Å²) in [6.45, 7) is 3.50. The number of benzene rings is 1. The van der Waals surface area contributed by atoms with Crippen LogP contribution in [0.5, 0.6) is 0 Å². The highest BCUT2D eigenvalue weighted by Gasteiger charge is 2.22. The third kappa shape index (κ3) is 3.65. The molecule has 0 saturated carbocycles. The molecule has 1 N–H and O–H groups in total. The monoisotopic (exact) mass is 361 g/mol. The highest BCUT2D eigenvalue weighted by atomic mass is 35.5. The predicted octanol–water partition coefficient (Wildman–Crippen LogP) is 3.79. The first-order chi connectivity index (χ1) is 9.81. The van der Waals surface area contributed by atoms with E-state index in [4.69, 9.17) is 23.2 Å². The molecule has 1 amide bonds. The molecule has 2 rings (SSSR count). The second-order valence-corrected chi connectivity index (χ2v) is 7.32. The van der Waals surface area contributed by atoms with Gasteiger partial charge in [0.15, 0.2) is 0 Å². The number of sulfonamides is 1. The van der Waals surface area contributed by atoms with E-state index in [1.807, 2.05) is 4.72 Å². The number of carbonyl (C=O) groups is 1. The van der Waals surface area contributed by atoms with Crippen molar-refractivity contribution in [1.29, 1.82) is 0 Å². The van der Waals surface area contributed by atoms with Crippen LogP contribution in [0.2, 0.25) is 10.0 Å². The first kappa shape index (κ1) is 16.0. The Morgan fingerprint density at radius 1 is 1.24 bits per heavy atom. The Kier molecular flexibility index (Phi) is 4.73. The first-order valence-electron chi connectivity index (χ1n) is 5.55. The number of nitrogens with one attached hydrogen (secondary N) is 1. The Balaban J connectivity index is 2.24. The van der Waals surface area contributed by atoms with Crippen LogP contribution < -0.4 is 4.72 Å². The fraction of sp³-hybridized carbons (Fsp3) is 0. The van der Waals surface area contributed by atoms with E-state index in [1.165, 1.54) is 29.5 Å². The largest absolute Gasteiger partial charge is 0.268 e. The van der Waals surface area contributed by atoms with Crippen molar-refractivity contribution in [1.82, 2.24) is 4.72 Å². The molecular formula is C13H9Cl2NO3S2. The maximum Gasteiger partial charge on any atom is 0.266 e. The van der Waals surface area contributed by atoms with Crippen molar-refractivity contribution in [3.8, 4) is 0 Å². The molecule has 0 spiro atoms. The SMILES string of the molecule is C=C(c1ccsc1)S(=O)(=O)NC(=O)c1ccc(Cl)cc1Cl. The highest BCUT2D eigenvalue weighted by molar-refractivity contribution is 7.99. The van der Waals surface area contributed by atoms with E-state index in [0.29, 0.717) is 10.6 Å². The van der Waals surface area contributed by atoms with Crippen LogP contribution in [0.15, 0.2) is 41.6 Å². The van der Waals surface area contributed by atoms with E-state index in [0.717, 1.165) is 0 Å². The summed E-state index contributed by atoms with van der Waals surface area (Å²) < 4.78 is 26.1. The molecule has 0 aliphatic carbocycles. The van der Waals surface area contributed by atoms with Gasteiger partial charge in [0.25, 0.3) is 15.9 Å². The number of halogens is 2. The molecule has 0 unspecified atom stereocenters. The lowest BCUT2D eigenvalue weighted by atomic mass is 10.2. The molecule has 0 atom stereocenters. The van der Waals surface area contributed by atoms with Crippen LogP contribution in [0.4, 0.5) is 0 Å². The van der Waals surface area contributed by atoms with Crippen molar-refractivity contribution >= 4 is 55.4 Å². The van der Waals surface area contributed by atoms with E-state index in [9.17, 15) is 13.2 Å². The van der Waals surface area contributed by atoms with Crippen molar-refractivity contribution in [2.75, 3.05) is 0 Å². The van der Waals surface area contributed by atoms with Crippen molar-refractivity contribution < 1.29 is 13.2 Å². The maximum absolute atomic E-state index is 12.1. The van der Waals surface area contributed by atoms with Gasteiger partial charge in [-0.25, -0.2) is 13.1 Å². The van der Waals surface area contributed by atoms with Crippen molar-refractivity contribution in [2.24, 2.45) is 0 Å². The average molecular weight is 362 g/mol. The summed E-state index contributed by atoms with van der Waals surface area (Å²) in [5.41, 5.74) is 0.449. The minimum atomic E-state index is -4.04. The van der Waals surface area contributed by atoms with E-state index in [1.54, 1.807) is 16.8 Å². The van der Waals surface area contributed by atoms with Crippen molar-refractivity contribution in [2.45, 2.75) is 0 Å². The topological polar surface area (TPSA) is 63.2 Å². The Morgan fingerprint density at radius 2 is 1.95 bits per heavy atom. The van der Waals surface area contributed by atoms with Crippen LogP contribution >= 0.6 is 34.5 Å². The maximum atomic E-state index is 12.1. The lowest BCUT2D eigenvalue weighted by molar-refractivity contribution is 0.0982. The minimum absolute atomic E-state index is 0.0164. The van der Waals surface area contributed by atoms with Crippen LogP contribution in [0.1, 0.15) is 15.9 Å². The van der Waals surface area contributed by atoms with Crippen LogP contribution in [0.3, 0.4) is 0 Å². The molecule has 2 aromatic rings. The Labute approximate surface area is 136 Å². The molecule has 0 saturated heterocycles. The summed E-state index contributed by atoms with van der Waals surface area (Å²) in [7, 11) is -4.04. The summed E-state index contributed by atoms with van der Waals surface area (Å²) in [4.78, 5) is 11.8. The Morgan fingerprint density at radius 3 is 2.52 bits per heavy atom. The quantitative estimate of drug-likeness (QED) is 0.900. The lowest BCUT2D eigenvalue weighted by Crippen LogP contribution is -2.30. The van der Waals surface area contributed by atoms with Crippen molar-refractivity contribution in [3.05, 3.63) is 62.8 Å². The minimum Gasteiger partial charge on any atom is -0.268 e. The number of hydrogen-bond acceptors (Lipinski definition) is 4. The molecule has 1 aromatic heterocycles. The van der Waals surface area contributed by atoms with Crippen molar-refractivity contribution in [3.63, 3.8) is 0 Å². The van der Waals surface area contributed by atoms with E-state index in [-0.39, 0.29) is 15.5 Å². The molecule has 0 aliphatic rings. The van der Waals surface area contributed by atoms with E-state index < -0.39 is 15.9 Å². The Hall–Kier alpha value is -1.34. The molecule has 4 nitrogen and oxygen atoms in total. The van der Waals surface area contributed by atoms with Gasteiger partial charge in [-0.2, -0.15) is 11.3 Å². The molecular weight excluding hydrogens is 353 g/mol. The van der Waals surface area contributed by atoms with Gasteiger partial charge in [0, 0.05) is 10.6 Å². The van der Waals surface area contributed by atoms with Gasteiger partial charge in [0.1, 0.15) is 0 Å². The van der Waals surface area contributed by atoms with E-state index >= 15 is 0 Å². The fourth-order valence-corrected chi connectivity index (χ4v) is 3.65. The molecule has 1 heterocycles. The fourth-order valence-electron chi connectivity index (χ4n) is 1.49. The summed E-state index contributed by atoms with van der Waals surface area (Å²) in [6, 6.07) is 5.76. The summed E-state index contributed by atoms with van der Waals surface area (Å²) >= 11 is 12.9. The molecule has 8 heteroatoms. The lowest BCUT2D eigenvalue weighted by Gasteiger charge is -2.09. The molecule has 1 aromatic carbocycles. The molecule has 0 radical (unpaired) electrons. The zero-order chi connectivity index (χ0) is 15.6. The van der Waals surface area contributed by atoms with Gasteiger partial charge >= 0.3 is 0 Å². The van der Waals surface area contributed by atoms with Gasteiger partial charge < -0.3 is 0 Å². The molecule has 0 bridgehead atoms. The van der Waals surface area contributed by atoms with Gasteiger partial charge in [0.05, 0.1) is 15.5 Å². The summed E-state index contributed by atoms with van der Waals surface area (Å²) in [6.07, 6.45) is 0. The van der Waals surface area contributed by atoms with Crippen LogP contribution in [0.25, 0.3) is 4.91 Å². The second kappa shape index (κ2) is 6.19. The van der Waals surface area contributed by atoms with Gasteiger partial charge in [0.2, 0.25) is 0 Å². The number of amides is 1. The average Bonchev–Trinajstić information content (AvgIpc) is 2.90. The zero-order valence-corrected chi connectivity index (χ0v) is 13.6. The highest BCUT2D eigenvalue weighted by Crippen LogP contribution is 2.23. The molecule has 110 valence electrons. The number of hydrogen-bond donors (Lipinski definition) is 1. The molecule has 0 aliphatic heterocycles. The number of carbonyl (C=O) groups excluding carboxylic acids is 1. The van der Waals surface area contributed by atoms with Gasteiger partial charge in [-0.3, -0.25) is 4.79 Å². The molecule has 0 fully saturated rings. The normalized spacial score (nSPS) is 11.1. The number of rotatable bonds is 4. The van der Waals surface area contributed by atoms with Crippen LogP contribution in [-0.2, 0) is 10.0 Å². The van der Waals surface area contributed by atoms with Gasteiger partial charge in [-0.15, -0.1) is 0 Å².